The van der Waals surface area contributed by atoms with Crippen molar-refractivity contribution in [1.29, 1.82) is 0 Å². The van der Waals surface area contributed by atoms with Crippen LogP contribution in [0.2, 0.25) is 0 Å². The van der Waals surface area contributed by atoms with Gasteiger partial charge in [-0.2, -0.15) is 0 Å². The van der Waals surface area contributed by atoms with Gasteiger partial charge in [-0.3, -0.25) is 14.6 Å². The minimum Gasteiger partial charge on any atom is -0.481 e. The van der Waals surface area contributed by atoms with Crippen molar-refractivity contribution in [2.75, 3.05) is 33.2 Å². The van der Waals surface area contributed by atoms with Crippen LogP contribution in [-0.4, -0.2) is 59.6 Å². The topological polar surface area (TPSA) is 43.8 Å². The van der Waals surface area contributed by atoms with Gasteiger partial charge < -0.3 is 5.11 Å². The van der Waals surface area contributed by atoms with Gasteiger partial charge in [0.2, 0.25) is 0 Å². The molecule has 0 aromatic carbocycles. The van der Waals surface area contributed by atoms with Gasteiger partial charge in [-0.05, 0) is 34.2 Å². The van der Waals surface area contributed by atoms with Crippen LogP contribution in [0, 0.1) is 5.41 Å². The van der Waals surface area contributed by atoms with Crippen LogP contribution in [0.5, 0.6) is 0 Å². The number of aliphatic carboxylic acids is 1. The van der Waals surface area contributed by atoms with Gasteiger partial charge in [-0.1, -0.05) is 6.92 Å². The summed E-state index contributed by atoms with van der Waals surface area (Å²) in [6.45, 7) is 11.8. The third-order valence-corrected chi connectivity index (χ3v) is 4.26. The minimum atomic E-state index is -0.684. The maximum absolute atomic E-state index is 11.3. The number of rotatable bonds is 4. The van der Waals surface area contributed by atoms with Crippen LogP contribution in [0.4, 0.5) is 0 Å². The van der Waals surface area contributed by atoms with E-state index >= 15 is 0 Å². The molecular formula is C13H26N2O2. The van der Waals surface area contributed by atoms with Crippen LogP contribution in [0.1, 0.15) is 34.1 Å². The fourth-order valence-corrected chi connectivity index (χ4v) is 2.30. The van der Waals surface area contributed by atoms with E-state index in [0.29, 0.717) is 13.0 Å². The second-order valence-corrected chi connectivity index (χ2v) is 6.16. The molecule has 0 amide bonds. The van der Waals surface area contributed by atoms with Crippen molar-refractivity contribution in [3.63, 3.8) is 0 Å². The summed E-state index contributed by atoms with van der Waals surface area (Å²) in [6.07, 6.45) is 0.676. The molecule has 0 aliphatic carbocycles. The monoisotopic (exact) mass is 242 g/mol. The third kappa shape index (κ3) is 3.19. The van der Waals surface area contributed by atoms with Crippen molar-refractivity contribution in [2.45, 2.75) is 39.7 Å². The lowest BCUT2D eigenvalue weighted by molar-refractivity contribution is -0.150. The van der Waals surface area contributed by atoms with Gasteiger partial charge in [0, 0.05) is 31.7 Å². The lowest BCUT2D eigenvalue weighted by Crippen LogP contribution is -2.59. The summed E-state index contributed by atoms with van der Waals surface area (Å²) in [5.41, 5.74) is -0.489. The Bertz CT molecular complexity index is 291. The fourth-order valence-electron chi connectivity index (χ4n) is 2.30. The zero-order valence-corrected chi connectivity index (χ0v) is 11.8. The van der Waals surface area contributed by atoms with Crippen molar-refractivity contribution in [3.05, 3.63) is 0 Å². The summed E-state index contributed by atoms with van der Waals surface area (Å²) in [6, 6.07) is 0. The second-order valence-electron chi connectivity index (χ2n) is 6.16. The molecular weight excluding hydrogens is 216 g/mol. The highest BCUT2D eigenvalue weighted by Crippen LogP contribution is 2.26. The highest BCUT2D eigenvalue weighted by Gasteiger charge is 2.37. The Labute approximate surface area is 105 Å². The largest absolute Gasteiger partial charge is 0.481 e. The molecule has 0 bridgehead atoms. The van der Waals surface area contributed by atoms with Gasteiger partial charge in [0.05, 0.1) is 5.41 Å². The standard InChI is InChI=1S/C13H26N2O2/c1-6-13(4,11(16)17)10-15-8-7-14(5)12(2,3)9-15/h6-10H2,1-5H3,(H,16,17). The van der Waals surface area contributed by atoms with Gasteiger partial charge in [0.15, 0.2) is 0 Å². The fraction of sp³-hybridized carbons (Fsp3) is 0.923. The van der Waals surface area contributed by atoms with E-state index in [2.05, 4.69) is 30.7 Å². The number of carboxylic acids is 1. The SMILES string of the molecule is CCC(C)(CN1CCN(C)C(C)(C)C1)C(=O)O. The Kier molecular flexibility index (Phi) is 4.20. The van der Waals surface area contributed by atoms with Crippen molar-refractivity contribution in [2.24, 2.45) is 5.41 Å². The molecule has 1 heterocycles. The highest BCUT2D eigenvalue weighted by molar-refractivity contribution is 5.74. The summed E-state index contributed by atoms with van der Waals surface area (Å²) in [5.74, 6) is -0.684. The Morgan fingerprint density at radius 2 is 2.00 bits per heavy atom. The lowest BCUT2D eigenvalue weighted by atomic mass is 9.86. The zero-order chi connectivity index (χ0) is 13.3. The number of likely N-dealkylation sites (N-methyl/N-ethyl adjacent to an activating group) is 1. The summed E-state index contributed by atoms with van der Waals surface area (Å²) in [4.78, 5) is 15.9. The van der Waals surface area contributed by atoms with E-state index in [1.807, 2.05) is 13.8 Å². The Morgan fingerprint density at radius 1 is 1.41 bits per heavy atom. The molecule has 0 radical (unpaired) electrons. The summed E-state index contributed by atoms with van der Waals surface area (Å²) >= 11 is 0. The molecule has 1 N–H and O–H groups in total. The summed E-state index contributed by atoms with van der Waals surface area (Å²) < 4.78 is 0. The van der Waals surface area contributed by atoms with Crippen molar-refractivity contribution >= 4 is 5.97 Å². The first-order valence-corrected chi connectivity index (χ1v) is 6.38. The maximum atomic E-state index is 11.3. The third-order valence-electron chi connectivity index (χ3n) is 4.26. The molecule has 0 saturated carbocycles. The lowest BCUT2D eigenvalue weighted by Gasteiger charge is -2.47. The van der Waals surface area contributed by atoms with Crippen molar-refractivity contribution < 1.29 is 9.90 Å². The average molecular weight is 242 g/mol. The molecule has 1 aliphatic heterocycles. The van der Waals surface area contributed by atoms with E-state index < -0.39 is 11.4 Å². The Hall–Kier alpha value is -0.610. The van der Waals surface area contributed by atoms with Crippen LogP contribution in [-0.2, 0) is 4.79 Å². The van der Waals surface area contributed by atoms with Gasteiger partial charge in [0.25, 0.3) is 0 Å². The van der Waals surface area contributed by atoms with Crippen LogP contribution in [0.25, 0.3) is 0 Å². The van der Waals surface area contributed by atoms with E-state index in [-0.39, 0.29) is 5.54 Å². The number of hydrogen-bond donors (Lipinski definition) is 1. The molecule has 1 saturated heterocycles. The molecule has 1 atom stereocenters. The van der Waals surface area contributed by atoms with Crippen LogP contribution in [0.3, 0.4) is 0 Å². The first kappa shape index (κ1) is 14.5. The van der Waals surface area contributed by atoms with Gasteiger partial charge >= 0.3 is 5.97 Å². The molecule has 0 aromatic heterocycles. The summed E-state index contributed by atoms with van der Waals surface area (Å²) in [7, 11) is 2.13. The average Bonchev–Trinajstić information content (AvgIpc) is 2.22. The number of piperazine rings is 1. The first-order chi connectivity index (χ1) is 7.71. The normalized spacial score (nSPS) is 25.5. The predicted molar refractivity (Wildman–Crippen MR) is 69.2 cm³/mol. The van der Waals surface area contributed by atoms with Crippen LogP contribution >= 0.6 is 0 Å². The highest BCUT2D eigenvalue weighted by atomic mass is 16.4. The molecule has 4 nitrogen and oxygen atoms in total. The number of carbonyl (C=O) groups is 1. The van der Waals surface area contributed by atoms with Crippen molar-refractivity contribution in [3.8, 4) is 0 Å². The molecule has 17 heavy (non-hydrogen) atoms. The second kappa shape index (κ2) is 4.94. The molecule has 0 aromatic rings. The predicted octanol–water partition coefficient (Wildman–Crippen LogP) is 1.51. The number of nitrogens with zero attached hydrogens (tertiary/aromatic N) is 2. The molecule has 1 aliphatic rings. The zero-order valence-electron chi connectivity index (χ0n) is 11.8. The quantitative estimate of drug-likeness (QED) is 0.811. The van der Waals surface area contributed by atoms with E-state index in [9.17, 15) is 9.90 Å². The van der Waals surface area contributed by atoms with E-state index in [1.165, 1.54) is 0 Å². The van der Waals surface area contributed by atoms with Crippen LogP contribution < -0.4 is 0 Å². The molecule has 1 unspecified atom stereocenters. The Morgan fingerprint density at radius 3 is 2.41 bits per heavy atom. The van der Waals surface area contributed by atoms with Crippen LogP contribution in [0.15, 0.2) is 0 Å². The molecule has 100 valence electrons. The summed E-state index contributed by atoms with van der Waals surface area (Å²) in [5, 5.41) is 9.31. The maximum Gasteiger partial charge on any atom is 0.310 e. The van der Waals surface area contributed by atoms with E-state index in [1.54, 1.807) is 0 Å². The van der Waals surface area contributed by atoms with E-state index in [4.69, 9.17) is 0 Å². The molecule has 1 fully saturated rings. The Balaban J connectivity index is 2.67. The van der Waals surface area contributed by atoms with E-state index in [0.717, 1.165) is 19.6 Å². The number of carboxylic acid groups (broad SMARTS) is 1. The van der Waals surface area contributed by atoms with Gasteiger partial charge in [0.1, 0.15) is 0 Å². The number of hydrogen-bond acceptors (Lipinski definition) is 3. The molecule has 0 spiro atoms. The van der Waals surface area contributed by atoms with Gasteiger partial charge in [-0.15, -0.1) is 0 Å². The molecule has 4 heteroatoms. The smallest absolute Gasteiger partial charge is 0.310 e. The minimum absolute atomic E-state index is 0.130. The van der Waals surface area contributed by atoms with Gasteiger partial charge in [-0.25, -0.2) is 0 Å². The van der Waals surface area contributed by atoms with Crippen molar-refractivity contribution in [1.82, 2.24) is 9.80 Å². The molecule has 1 rings (SSSR count). The first-order valence-electron chi connectivity index (χ1n) is 6.38.